The van der Waals surface area contributed by atoms with Gasteiger partial charge in [-0.15, -0.1) is 11.8 Å². The number of thioether (sulfide) groups is 1. The summed E-state index contributed by atoms with van der Waals surface area (Å²) in [7, 11) is 0. The molecule has 2 heteroatoms. The second kappa shape index (κ2) is 5.57. The van der Waals surface area contributed by atoms with E-state index >= 15 is 0 Å². The predicted octanol–water partition coefficient (Wildman–Crippen LogP) is 3.23. The van der Waals surface area contributed by atoms with Gasteiger partial charge in [-0.2, -0.15) is 0 Å². The minimum Gasteiger partial charge on any atom is -0.305 e. The van der Waals surface area contributed by atoms with Crippen LogP contribution in [0.2, 0.25) is 0 Å². The van der Waals surface area contributed by atoms with Gasteiger partial charge in [-0.3, -0.25) is 0 Å². The van der Waals surface area contributed by atoms with Crippen LogP contribution in [0.15, 0.2) is 30.3 Å². The molecule has 2 unspecified atom stereocenters. The van der Waals surface area contributed by atoms with Gasteiger partial charge >= 0.3 is 0 Å². The maximum absolute atomic E-state index is 3.58. The van der Waals surface area contributed by atoms with E-state index in [0.717, 1.165) is 0 Å². The summed E-state index contributed by atoms with van der Waals surface area (Å²) in [6.45, 7) is 3.52. The molecule has 0 spiro atoms. The first kappa shape index (κ1) is 11.0. The Hall–Kier alpha value is -0.470. The topological polar surface area (TPSA) is 12.0 Å². The van der Waals surface area contributed by atoms with Crippen LogP contribution in [0.1, 0.15) is 31.2 Å². The minimum atomic E-state index is 0.661. The molecule has 1 aliphatic heterocycles. The summed E-state index contributed by atoms with van der Waals surface area (Å²) in [6, 6.07) is 10.8. The summed E-state index contributed by atoms with van der Waals surface area (Å²) in [5.41, 5.74) is 1.46. The van der Waals surface area contributed by atoms with Crippen molar-refractivity contribution in [1.82, 2.24) is 5.32 Å². The minimum absolute atomic E-state index is 0.661. The highest BCUT2D eigenvalue weighted by atomic mass is 32.2. The summed E-state index contributed by atoms with van der Waals surface area (Å²) < 4.78 is 0. The van der Waals surface area contributed by atoms with Gasteiger partial charge in [0.1, 0.15) is 0 Å². The van der Waals surface area contributed by atoms with Gasteiger partial charge in [0.2, 0.25) is 0 Å². The number of benzene rings is 1. The molecule has 1 saturated heterocycles. The molecule has 0 saturated carbocycles. The zero-order valence-corrected chi connectivity index (χ0v) is 10.1. The highest BCUT2D eigenvalue weighted by Gasteiger charge is 2.16. The van der Waals surface area contributed by atoms with Gasteiger partial charge in [0.05, 0.1) is 5.37 Å². The van der Waals surface area contributed by atoms with E-state index < -0.39 is 0 Å². The molecule has 0 aromatic heterocycles. The van der Waals surface area contributed by atoms with E-state index in [2.05, 4.69) is 54.3 Å². The van der Waals surface area contributed by atoms with Crippen molar-refractivity contribution in [3.8, 4) is 0 Å². The van der Waals surface area contributed by atoms with E-state index in [9.17, 15) is 0 Å². The maximum atomic E-state index is 3.58. The molecule has 2 rings (SSSR count). The van der Waals surface area contributed by atoms with Gasteiger partial charge in [0, 0.05) is 0 Å². The highest BCUT2D eigenvalue weighted by molar-refractivity contribution is 7.99. The zero-order valence-electron chi connectivity index (χ0n) is 9.28. The van der Waals surface area contributed by atoms with Crippen molar-refractivity contribution in [1.29, 1.82) is 0 Å². The van der Waals surface area contributed by atoms with Crippen molar-refractivity contribution in [2.24, 2.45) is 0 Å². The van der Waals surface area contributed by atoms with E-state index in [1.165, 1.54) is 30.7 Å². The lowest BCUT2D eigenvalue weighted by molar-refractivity contribution is 0.546. The number of hydrogen-bond acceptors (Lipinski definition) is 2. The molecule has 1 aromatic carbocycles. The highest BCUT2D eigenvalue weighted by Crippen LogP contribution is 2.26. The Labute approximate surface area is 96.7 Å². The molecule has 1 heterocycles. The normalized spacial score (nSPS) is 23.7. The SMILES string of the molecule is CC(CC1NCCCS1)c1ccccc1. The first-order valence-electron chi connectivity index (χ1n) is 5.76. The Morgan fingerprint density at radius 2 is 2.20 bits per heavy atom. The summed E-state index contributed by atoms with van der Waals surface area (Å²) in [5.74, 6) is 1.98. The molecule has 82 valence electrons. The van der Waals surface area contributed by atoms with E-state index in [0.29, 0.717) is 11.3 Å². The summed E-state index contributed by atoms with van der Waals surface area (Å²) in [5, 5.41) is 4.24. The largest absolute Gasteiger partial charge is 0.305 e. The fourth-order valence-electron chi connectivity index (χ4n) is 2.01. The quantitative estimate of drug-likeness (QED) is 0.841. The van der Waals surface area contributed by atoms with E-state index in [-0.39, 0.29) is 0 Å². The third-order valence-electron chi connectivity index (χ3n) is 2.95. The van der Waals surface area contributed by atoms with E-state index in [1.54, 1.807) is 0 Å². The molecule has 2 atom stereocenters. The Bertz CT molecular complexity index is 280. The fourth-order valence-corrected chi connectivity index (χ4v) is 3.27. The van der Waals surface area contributed by atoms with Gasteiger partial charge < -0.3 is 5.32 Å². The Morgan fingerprint density at radius 1 is 1.40 bits per heavy atom. The molecule has 1 aromatic rings. The molecular formula is C13H19NS. The Kier molecular flexibility index (Phi) is 4.09. The lowest BCUT2D eigenvalue weighted by Crippen LogP contribution is -2.32. The van der Waals surface area contributed by atoms with Gasteiger partial charge in [-0.1, -0.05) is 37.3 Å². The van der Waals surface area contributed by atoms with Crippen LogP contribution in [0, 0.1) is 0 Å². The monoisotopic (exact) mass is 221 g/mol. The second-order valence-corrected chi connectivity index (χ2v) is 5.53. The third-order valence-corrected chi connectivity index (χ3v) is 4.23. The number of nitrogens with one attached hydrogen (secondary N) is 1. The van der Waals surface area contributed by atoms with Crippen LogP contribution in [0.5, 0.6) is 0 Å². The van der Waals surface area contributed by atoms with Crippen LogP contribution in [0.25, 0.3) is 0 Å². The molecule has 0 amide bonds. The average molecular weight is 221 g/mol. The number of hydrogen-bond donors (Lipinski definition) is 1. The fraction of sp³-hybridized carbons (Fsp3) is 0.538. The second-order valence-electron chi connectivity index (χ2n) is 4.21. The zero-order chi connectivity index (χ0) is 10.5. The molecule has 1 fully saturated rings. The van der Waals surface area contributed by atoms with Crippen LogP contribution in [0.3, 0.4) is 0 Å². The molecule has 0 bridgehead atoms. The van der Waals surface area contributed by atoms with Crippen LogP contribution in [-0.4, -0.2) is 17.7 Å². The number of rotatable bonds is 3. The Morgan fingerprint density at radius 3 is 2.87 bits per heavy atom. The molecule has 15 heavy (non-hydrogen) atoms. The molecule has 1 nitrogen and oxygen atoms in total. The van der Waals surface area contributed by atoms with Gasteiger partial charge in [0.15, 0.2) is 0 Å². The van der Waals surface area contributed by atoms with Crippen LogP contribution in [0.4, 0.5) is 0 Å². The van der Waals surface area contributed by atoms with E-state index in [4.69, 9.17) is 0 Å². The predicted molar refractivity (Wildman–Crippen MR) is 68.3 cm³/mol. The lowest BCUT2D eigenvalue weighted by Gasteiger charge is -2.25. The first-order chi connectivity index (χ1) is 7.36. The van der Waals surface area contributed by atoms with Crippen molar-refractivity contribution in [2.75, 3.05) is 12.3 Å². The van der Waals surface area contributed by atoms with Crippen LogP contribution in [-0.2, 0) is 0 Å². The maximum Gasteiger partial charge on any atom is 0.0537 e. The van der Waals surface area contributed by atoms with Gasteiger partial charge in [-0.05, 0) is 36.6 Å². The van der Waals surface area contributed by atoms with Crippen molar-refractivity contribution in [2.45, 2.75) is 31.1 Å². The van der Waals surface area contributed by atoms with Crippen LogP contribution < -0.4 is 5.32 Å². The average Bonchev–Trinajstić information content (AvgIpc) is 2.31. The molecule has 1 N–H and O–H groups in total. The van der Waals surface area contributed by atoms with Crippen LogP contribution >= 0.6 is 11.8 Å². The van der Waals surface area contributed by atoms with E-state index in [1.807, 2.05) is 0 Å². The molecule has 1 aliphatic rings. The lowest BCUT2D eigenvalue weighted by atomic mass is 9.98. The van der Waals surface area contributed by atoms with Gasteiger partial charge in [-0.25, -0.2) is 0 Å². The Balaban J connectivity index is 1.88. The third kappa shape index (κ3) is 3.25. The first-order valence-corrected chi connectivity index (χ1v) is 6.81. The van der Waals surface area contributed by atoms with Gasteiger partial charge in [0.25, 0.3) is 0 Å². The van der Waals surface area contributed by atoms with Crippen molar-refractivity contribution in [3.63, 3.8) is 0 Å². The summed E-state index contributed by atoms with van der Waals surface area (Å²) >= 11 is 2.08. The molecule has 0 aliphatic carbocycles. The standard InChI is InChI=1S/C13H19NS/c1-11(12-6-3-2-4-7-12)10-13-14-8-5-9-15-13/h2-4,6-7,11,13-14H,5,8-10H2,1H3. The smallest absolute Gasteiger partial charge is 0.0537 e. The molecular weight excluding hydrogens is 202 g/mol. The van der Waals surface area contributed by atoms with Crippen molar-refractivity contribution >= 4 is 11.8 Å². The summed E-state index contributed by atoms with van der Waals surface area (Å²) in [4.78, 5) is 0. The summed E-state index contributed by atoms with van der Waals surface area (Å²) in [6.07, 6.45) is 2.57. The van der Waals surface area contributed by atoms with Crippen molar-refractivity contribution < 1.29 is 0 Å². The molecule has 0 radical (unpaired) electrons. The van der Waals surface area contributed by atoms with Crippen molar-refractivity contribution in [3.05, 3.63) is 35.9 Å².